The van der Waals surface area contributed by atoms with Gasteiger partial charge in [-0.15, -0.1) is 11.3 Å². The largest absolute Gasteiger partial charge is 0.491 e. The smallest absolute Gasteiger partial charge is 0.410 e. The Kier molecular flexibility index (Phi) is 7.30. The van der Waals surface area contributed by atoms with Gasteiger partial charge in [0.2, 0.25) is 0 Å². The van der Waals surface area contributed by atoms with Crippen LogP contribution in [0.4, 0.5) is 4.79 Å². The van der Waals surface area contributed by atoms with Crippen molar-refractivity contribution in [2.45, 2.75) is 51.7 Å². The Hall–Kier alpha value is -2.50. The van der Waals surface area contributed by atoms with Gasteiger partial charge in [-0.3, -0.25) is 0 Å². The predicted octanol–water partition coefficient (Wildman–Crippen LogP) is 7.44. The fraction of sp³-hybridized carbons (Fsp3) is 0.370. The van der Waals surface area contributed by atoms with E-state index < -0.39 is 5.60 Å². The minimum absolute atomic E-state index is 0.0521. The van der Waals surface area contributed by atoms with Crippen LogP contribution in [0, 0.1) is 0 Å². The first-order valence-electron chi connectivity index (χ1n) is 11.3. The SMILES string of the molecule is CC(C)(C)OC(=O)N1CCCC1COc1ccc(Cc2ccc(-c3ccc(Cl)s3)cc2)cc1. The standard InChI is InChI=1S/C27H30ClNO3S/c1-27(2,3)32-26(30)29-16-4-5-22(29)18-31-23-12-8-20(9-13-23)17-19-6-10-21(11-7-19)24-14-15-25(28)33-24/h6-15,22H,4-5,16-18H2,1-3H3. The normalized spacial score (nSPS) is 16.1. The molecule has 0 spiro atoms. The molecule has 1 aromatic heterocycles. The van der Waals surface area contributed by atoms with Gasteiger partial charge >= 0.3 is 6.09 Å². The van der Waals surface area contributed by atoms with Gasteiger partial charge in [0, 0.05) is 11.4 Å². The van der Waals surface area contributed by atoms with Crippen LogP contribution in [-0.2, 0) is 11.2 Å². The average Bonchev–Trinajstić information content (AvgIpc) is 3.42. The predicted molar refractivity (Wildman–Crippen MR) is 135 cm³/mol. The second-order valence-electron chi connectivity index (χ2n) is 9.40. The molecular weight excluding hydrogens is 454 g/mol. The van der Waals surface area contributed by atoms with Crippen LogP contribution >= 0.6 is 22.9 Å². The van der Waals surface area contributed by atoms with E-state index in [2.05, 4.69) is 42.5 Å². The lowest BCUT2D eigenvalue weighted by Crippen LogP contribution is -2.42. The molecule has 4 nitrogen and oxygen atoms in total. The van der Waals surface area contributed by atoms with E-state index in [0.29, 0.717) is 6.61 Å². The maximum Gasteiger partial charge on any atom is 0.410 e. The van der Waals surface area contributed by atoms with Gasteiger partial charge in [0.15, 0.2) is 0 Å². The molecule has 1 atom stereocenters. The molecule has 1 unspecified atom stereocenters. The first-order valence-corrected chi connectivity index (χ1v) is 12.5. The number of nitrogens with zero attached hydrogens (tertiary/aromatic N) is 1. The Morgan fingerprint density at radius 2 is 1.70 bits per heavy atom. The number of halogens is 1. The van der Waals surface area contributed by atoms with E-state index in [1.165, 1.54) is 21.6 Å². The fourth-order valence-corrected chi connectivity index (χ4v) is 5.01. The van der Waals surface area contributed by atoms with E-state index in [1.807, 2.05) is 39.0 Å². The summed E-state index contributed by atoms with van der Waals surface area (Å²) in [5.41, 5.74) is 3.19. The highest BCUT2D eigenvalue weighted by Gasteiger charge is 2.32. The van der Waals surface area contributed by atoms with Gasteiger partial charge in [-0.1, -0.05) is 48.0 Å². The molecule has 1 saturated heterocycles. The molecule has 0 aliphatic carbocycles. The maximum atomic E-state index is 12.4. The lowest BCUT2D eigenvalue weighted by Gasteiger charge is -2.28. The number of likely N-dealkylation sites (tertiary alicyclic amines) is 1. The number of hydrogen-bond acceptors (Lipinski definition) is 4. The molecule has 1 fully saturated rings. The number of carbonyl (C=O) groups excluding carboxylic acids is 1. The number of benzene rings is 2. The van der Waals surface area contributed by atoms with Gasteiger partial charge < -0.3 is 14.4 Å². The van der Waals surface area contributed by atoms with E-state index in [1.54, 1.807) is 16.2 Å². The third-order valence-electron chi connectivity index (χ3n) is 5.59. The quantitative estimate of drug-likeness (QED) is 0.365. The van der Waals surface area contributed by atoms with Crippen molar-refractivity contribution in [3.63, 3.8) is 0 Å². The molecule has 4 rings (SSSR count). The monoisotopic (exact) mass is 483 g/mol. The van der Waals surface area contributed by atoms with E-state index in [4.69, 9.17) is 21.1 Å². The molecule has 3 aromatic rings. The van der Waals surface area contributed by atoms with Gasteiger partial charge in [-0.25, -0.2) is 4.79 Å². The third-order valence-corrected chi connectivity index (χ3v) is 6.87. The maximum absolute atomic E-state index is 12.4. The fourth-order valence-electron chi connectivity index (χ4n) is 3.96. The topological polar surface area (TPSA) is 38.8 Å². The van der Waals surface area contributed by atoms with Gasteiger partial charge in [0.1, 0.15) is 18.0 Å². The molecule has 174 valence electrons. The van der Waals surface area contributed by atoms with Crippen LogP contribution in [0.1, 0.15) is 44.7 Å². The van der Waals surface area contributed by atoms with Gasteiger partial charge in [-0.2, -0.15) is 0 Å². The highest BCUT2D eigenvalue weighted by atomic mass is 35.5. The summed E-state index contributed by atoms with van der Waals surface area (Å²) in [7, 11) is 0. The first kappa shape index (κ1) is 23.7. The summed E-state index contributed by atoms with van der Waals surface area (Å²) in [6.07, 6.45) is 2.52. The Labute approximate surface area is 205 Å². The molecule has 0 saturated carbocycles. The second-order valence-corrected chi connectivity index (χ2v) is 11.1. The molecule has 0 bridgehead atoms. The summed E-state index contributed by atoms with van der Waals surface area (Å²) < 4.78 is 12.4. The van der Waals surface area contributed by atoms with Crippen molar-refractivity contribution in [1.29, 1.82) is 0 Å². The highest BCUT2D eigenvalue weighted by Crippen LogP contribution is 2.31. The summed E-state index contributed by atoms with van der Waals surface area (Å²) in [5, 5.41) is 0. The Morgan fingerprint density at radius 3 is 2.30 bits per heavy atom. The van der Waals surface area contributed by atoms with Crippen LogP contribution in [0.2, 0.25) is 4.34 Å². The molecule has 2 aromatic carbocycles. The third kappa shape index (κ3) is 6.52. The Balaban J connectivity index is 1.30. The minimum atomic E-state index is -0.487. The molecule has 33 heavy (non-hydrogen) atoms. The molecule has 0 radical (unpaired) electrons. The summed E-state index contributed by atoms with van der Waals surface area (Å²) in [6.45, 7) is 6.87. The van der Waals surface area contributed by atoms with Crippen LogP contribution in [0.15, 0.2) is 60.7 Å². The zero-order valence-electron chi connectivity index (χ0n) is 19.3. The van der Waals surface area contributed by atoms with Gasteiger partial charge in [0.25, 0.3) is 0 Å². The van der Waals surface area contributed by atoms with E-state index in [-0.39, 0.29) is 12.1 Å². The van der Waals surface area contributed by atoms with E-state index in [9.17, 15) is 4.79 Å². The molecule has 2 heterocycles. The van der Waals surface area contributed by atoms with Crippen LogP contribution < -0.4 is 4.74 Å². The van der Waals surface area contributed by atoms with E-state index >= 15 is 0 Å². The van der Waals surface area contributed by atoms with Crippen LogP contribution in [0.5, 0.6) is 5.75 Å². The first-order chi connectivity index (χ1) is 15.8. The summed E-state index contributed by atoms with van der Waals surface area (Å²) in [6, 6.07) is 20.9. The van der Waals surface area contributed by atoms with Gasteiger partial charge in [0.05, 0.1) is 10.4 Å². The van der Waals surface area contributed by atoms with Crippen molar-refractivity contribution in [2.24, 2.45) is 0 Å². The summed E-state index contributed by atoms with van der Waals surface area (Å²) in [5.74, 6) is 0.819. The van der Waals surface area contributed by atoms with Crippen LogP contribution in [-0.4, -0.2) is 35.8 Å². The number of amides is 1. The highest BCUT2D eigenvalue weighted by molar-refractivity contribution is 7.19. The Bertz CT molecular complexity index is 1070. The number of thiophene rings is 1. The van der Waals surface area contributed by atoms with Crippen LogP contribution in [0.25, 0.3) is 10.4 Å². The second kappa shape index (κ2) is 10.2. The molecule has 6 heteroatoms. The number of rotatable bonds is 6. The minimum Gasteiger partial charge on any atom is -0.491 e. The summed E-state index contributed by atoms with van der Waals surface area (Å²) in [4.78, 5) is 15.4. The number of carbonyl (C=O) groups is 1. The van der Waals surface area contributed by atoms with Gasteiger partial charge in [-0.05, 0) is 81.0 Å². The van der Waals surface area contributed by atoms with Crippen molar-refractivity contribution < 1.29 is 14.3 Å². The zero-order chi connectivity index (χ0) is 23.4. The molecule has 1 amide bonds. The Morgan fingerprint density at radius 1 is 1.03 bits per heavy atom. The zero-order valence-corrected chi connectivity index (χ0v) is 20.9. The molecule has 0 N–H and O–H groups in total. The lowest BCUT2D eigenvalue weighted by molar-refractivity contribution is 0.0187. The molecule has 1 aliphatic rings. The summed E-state index contributed by atoms with van der Waals surface area (Å²) >= 11 is 7.64. The van der Waals surface area contributed by atoms with Crippen molar-refractivity contribution >= 4 is 29.0 Å². The molecular formula is C27H30ClNO3S. The number of ether oxygens (including phenoxy) is 2. The van der Waals surface area contributed by atoms with Crippen LogP contribution in [0.3, 0.4) is 0 Å². The average molecular weight is 484 g/mol. The molecule has 1 aliphatic heterocycles. The van der Waals surface area contributed by atoms with Crippen molar-refractivity contribution in [3.05, 3.63) is 76.1 Å². The van der Waals surface area contributed by atoms with Crippen molar-refractivity contribution in [1.82, 2.24) is 4.90 Å². The van der Waals surface area contributed by atoms with Crippen molar-refractivity contribution in [3.8, 4) is 16.2 Å². The lowest BCUT2D eigenvalue weighted by atomic mass is 10.0. The van der Waals surface area contributed by atoms with Crippen molar-refractivity contribution in [2.75, 3.05) is 13.2 Å². The number of hydrogen-bond donors (Lipinski definition) is 0. The van der Waals surface area contributed by atoms with E-state index in [0.717, 1.165) is 35.9 Å².